The SMILES string of the molecule is CC=O.CNc1ccc2cc(CNC(=O)c3cc(NC4CCN(C)CC4)ncn3)ccc2n1. The second-order valence-corrected chi connectivity index (χ2v) is 7.90. The van der Waals surface area contributed by atoms with Crippen molar-refractivity contribution in [2.75, 3.05) is 37.8 Å². The molecular formula is C24H31N7O2. The second-order valence-electron chi connectivity index (χ2n) is 7.90. The number of pyridine rings is 1. The molecule has 0 bridgehead atoms. The molecular weight excluding hydrogens is 418 g/mol. The van der Waals surface area contributed by atoms with Crippen LogP contribution >= 0.6 is 0 Å². The number of aromatic nitrogens is 3. The van der Waals surface area contributed by atoms with E-state index in [0.29, 0.717) is 24.1 Å². The Morgan fingerprint density at radius 1 is 1.12 bits per heavy atom. The Morgan fingerprint density at radius 2 is 1.88 bits per heavy atom. The Labute approximate surface area is 194 Å². The van der Waals surface area contributed by atoms with Gasteiger partial charge in [0.15, 0.2) is 0 Å². The van der Waals surface area contributed by atoms with Gasteiger partial charge in [-0.15, -0.1) is 0 Å². The number of hydrogen-bond acceptors (Lipinski definition) is 8. The molecule has 0 spiro atoms. The number of nitrogens with one attached hydrogen (secondary N) is 3. The molecule has 1 fully saturated rings. The summed E-state index contributed by atoms with van der Waals surface area (Å²) in [5, 5.41) is 10.4. The molecule has 2 aromatic heterocycles. The third-order valence-corrected chi connectivity index (χ3v) is 5.43. The number of anilines is 2. The highest BCUT2D eigenvalue weighted by Crippen LogP contribution is 2.17. The molecule has 1 saturated heterocycles. The van der Waals surface area contributed by atoms with Crippen LogP contribution in [0.1, 0.15) is 35.8 Å². The zero-order valence-corrected chi connectivity index (χ0v) is 19.3. The van der Waals surface area contributed by atoms with Crippen molar-refractivity contribution in [2.45, 2.75) is 32.4 Å². The number of likely N-dealkylation sites (tertiary alicyclic amines) is 1. The average molecular weight is 450 g/mol. The fraction of sp³-hybridized carbons (Fsp3) is 0.375. The van der Waals surface area contributed by atoms with E-state index in [1.54, 1.807) is 6.07 Å². The summed E-state index contributed by atoms with van der Waals surface area (Å²) in [6.07, 6.45) is 4.32. The highest BCUT2D eigenvalue weighted by Gasteiger charge is 2.17. The van der Waals surface area contributed by atoms with Gasteiger partial charge in [-0.25, -0.2) is 15.0 Å². The van der Waals surface area contributed by atoms with Gasteiger partial charge in [0.1, 0.15) is 29.9 Å². The van der Waals surface area contributed by atoms with Crippen LogP contribution in [0, 0.1) is 0 Å². The summed E-state index contributed by atoms with van der Waals surface area (Å²) in [5.41, 5.74) is 2.28. The zero-order valence-electron chi connectivity index (χ0n) is 19.3. The number of carbonyl (C=O) groups is 2. The van der Waals surface area contributed by atoms with E-state index in [2.05, 4.69) is 42.8 Å². The van der Waals surface area contributed by atoms with Gasteiger partial charge in [0.25, 0.3) is 5.91 Å². The molecule has 4 rings (SSSR count). The van der Waals surface area contributed by atoms with Gasteiger partial charge in [-0.1, -0.05) is 6.07 Å². The maximum absolute atomic E-state index is 12.6. The first kappa shape index (κ1) is 24.1. The molecule has 1 amide bonds. The Kier molecular flexibility index (Phi) is 8.65. The first-order valence-corrected chi connectivity index (χ1v) is 11.0. The van der Waals surface area contributed by atoms with Crippen molar-refractivity contribution in [3.63, 3.8) is 0 Å². The van der Waals surface area contributed by atoms with Crippen LogP contribution in [0.15, 0.2) is 42.7 Å². The lowest BCUT2D eigenvalue weighted by molar-refractivity contribution is -0.106. The Morgan fingerprint density at radius 3 is 2.61 bits per heavy atom. The number of carbonyl (C=O) groups excluding carboxylic acids is 2. The number of amides is 1. The van der Waals surface area contributed by atoms with E-state index < -0.39 is 0 Å². The molecule has 1 aliphatic rings. The number of benzene rings is 1. The highest BCUT2D eigenvalue weighted by molar-refractivity contribution is 5.92. The second kappa shape index (κ2) is 11.9. The maximum atomic E-state index is 12.6. The molecule has 1 aliphatic heterocycles. The van der Waals surface area contributed by atoms with Crippen LogP contribution in [0.2, 0.25) is 0 Å². The molecule has 0 unspecified atom stereocenters. The lowest BCUT2D eigenvalue weighted by atomic mass is 10.1. The zero-order chi connectivity index (χ0) is 23.6. The number of nitrogens with zero attached hydrogens (tertiary/aromatic N) is 4. The quantitative estimate of drug-likeness (QED) is 0.493. The number of aldehydes is 1. The van der Waals surface area contributed by atoms with Crippen LogP contribution in [0.5, 0.6) is 0 Å². The minimum Gasteiger partial charge on any atom is -0.373 e. The van der Waals surface area contributed by atoms with Crippen LogP contribution in [0.25, 0.3) is 10.9 Å². The topological polar surface area (TPSA) is 112 Å². The van der Waals surface area contributed by atoms with Crippen LogP contribution < -0.4 is 16.0 Å². The van der Waals surface area contributed by atoms with Crippen molar-refractivity contribution in [3.05, 3.63) is 54.0 Å². The van der Waals surface area contributed by atoms with Crippen molar-refractivity contribution in [2.24, 2.45) is 0 Å². The predicted octanol–water partition coefficient (Wildman–Crippen LogP) is 2.71. The standard InChI is InChI=1S/C22H27N7O.C2H4O/c1-23-20-6-4-16-11-15(3-5-18(16)28-20)13-24-22(30)19-12-21(26-14-25-19)27-17-7-9-29(2)10-8-17;1-2-3/h3-6,11-12,14,17H,7-10,13H2,1-2H3,(H,23,28)(H,24,30)(H,25,26,27);2H,1H3. The lowest BCUT2D eigenvalue weighted by Crippen LogP contribution is -2.37. The Bertz CT molecular complexity index is 1080. The monoisotopic (exact) mass is 449 g/mol. The minimum atomic E-state index is -0.215. The molecule has 0 aliphatic carbocycles. The molecule has 174 valence electrons. The number of fused-ring (bicyclic) bond motifs is 1. The summed E-state index contributed by atoms with van der Waals surface area (Å²) < 4.78 is 0. The van der Waals surface area contributed by atoms with Gasteiger partial charge in [0, 0.05) is 31.1 Å². The summed E-state index contributed by atoms with van der Waals surface area (Å²) >= 11 is 0. The van der Waals surface area contributed by atoms with E-state index in [1.807, 2.05) is 37.4 Å². The molecule has 0 atom stereocenters. The van der Waals surface area contributed by atoms with Gasteiger partial charge in [-0.3, -0.25) is 4.79 Å². The van der Waals surface area contributed by atoms with Gasteiger partial charge < -0.3 is 25.6 Å². The molecule has 0 saturated carbocycles. The summed E-state index contributed by atoms with van der Waals surface area (Å²) in [5.74, 6) is 1.31. The van der Waals surface area contributed by atoms with E-state index in [1.165, 1.54) is 13.3 Å². The molecule has 9 heteroatoms. The third-order valence-electron chi connectivity index (χ3n) is 5.43. The first-order valence-electron chi connectivity index (χ1n) is 11.0. The van der Waals surface area contributed by atoms with Gasteiger partial charge in [0.2, 0.25) is 0 Å². The van der Waals surface area contributed by atoms with Gasteiger partial charge in [-0.2, -0.15) is 0 Å². The van der Waals surface area contributed by atoms with Gasteiger partial charge >= 0.3 is 0 Å². The number of rotatable bonds is 6. The fourth-order valence-corrected chi connectivity index (χ4v) is 3.62. The van der Waals surface area contributed by atoms with E-state index in [0.717, 1.165) is 54.5 Å². The number of piperidine rings is 1. The van der Waals surface area contributed by atoms with Crippen molar-refractivity contribution in [1.82, 2.24) is 25.2 Å². The van der Waals surface area contributed by atoms with E-state index in [-0.39, 0.29) is 5.91 Å². The van der Waals surface area contributed by atoms with Crippen molar-refractivity contribution in [1.29, 1.82) is 0 Å². The van der Waals surface area contributed by atoms with Crippen molar-refractivity contribution in [3.8, 4) is 0 Å². The normalized spacial score (nSPS) is 14.2. The van der Waals surface area contributed by atoms with Crippen LogP contribution in [-0.2, 0) is 11.3 Å². The fourth-order valence-electron chi connectivity index (χ4n) is 3.62. The van der Waals surface area contributed by atoms with Crippen LogP contribution in [0.3, 0.4) is 0 Å². The molecule has 9 nitrogen and oxygen atoms in total. The van der Waals surface area contributed by atoms with Crippen LogP contribution in [0.4, 0.5) is 11.6 Å². The number of hydrogen-bond donors (Lipinski definition) is 3. The summed E-state index contributed by atoms with van der Waals surface area (Å²) in [6, 6.07) is 12.0. The van der Waals surface area contributed by atoms with Crippen molar-refractivity contribution < 1.29 is 9.59 Å². The Balaban J connectivity index is 0.000000968. The average Bonchev–Trinajstić information content (AvgIpc) is 2.84. The predicted molar refractivity (Wildman–Crippen MR) is 130 cm³/mol. The van der Waals surface area contributed by atoms with E-state index in [4.69, 9.17) is 4.79 Å². The molecule has 3 heterocycles. The summed E-state index contributed by atoms with van der Waals surface area (Å²) in [6.45, 7) is 3.99. The highest BCUT2D eigenvalue weighted by atomic mass is 16.1. The van der Waals surface area contributed by atoms with E-state index in [9.17, 15) is 4.79 Å². The van der Waals surface area contributed by atoms with Gasteiger partial charge in [0.05, 0.1) is 5.52 Å². The summed E-state index contributed by atoms with van der Waals surface area (Å²) in [4.78, 5) is 36.6. The van der Waals surface area contributed by atoms with Gasteiger partial charge in [-0.05, 0) is 69.7 Å². The van der Waals surface area contributed by atoms with Crippen LogP contribution in [-0.4, -0.2) is 65.3 Å². The Hall–Kier alpha value is -3.59. The maximum Gasteiger partial charge on any atom is 0.270 e. The third kappa shape index (κ3) is 6.95. The molecule has 0 radical (unpaired) electrons. The largest absolute Gasteiger partial charge is 0.373 e. The molecule has 3 N–H and O–H groups in total. The summed E-state index contributed by atoms with van der Waals surface area (Å²) in [7, 11) is 3.98. The van der Waals surface area contributed by atoms with E-state index >= 15 is 0 Å². The molecule has 1 aromatic carbocycles. The smallest absolute Gasteiger partial charge is 0.270 e. The van der Waals surface area contributed by atoms with Crippen molar-refractivity contribution >= 4 is 34.7 Å². The lowest BCUT2D eigenvalue weighted by Gasteiger charge is -2.29. The molecule has 33 heavy (non-hydrogen) atoms. The first-order chi connectivity index (χ1) is 16.0. The minimum absolute atomic E-state index is 0.215. The molecule has 3 aromatic rings.